The number of hydrogen-bond acceptors (Lipinski definition) is 4. The van der Waals surface area contributed by atoms with E-state index in [0.29, 0.717) is 24.1 Å². The van der Waals surface area contributed by atoms with Crippen LogP contribution < -0.4 is 4.90 Å². The summed E-state index contributed by atoms with van der Waals surface area (Å²) in [5, 5.41) is 0. The van der Waals surface area contributed by atoms with Crippen molar-refractivity contribution in [2.24, 2.45) is 11.8 Å². The molecule has 5 heteroatoms. The summed E-state index contributed by atoms with van der Waals surface area (Å²) < 4.78 is 4.66. The van der Waals surface area contributed by atoms with E-state index in [9.17, 15) is 14.4 Å². The van der Waals surface area contributed by atoms with E-state index < -0.39 is 5.97 Å². The number of carbonyl (C=O) groups excluding carboxylic acids is 3. The number of anilines is 1. The van der Waals surface area contributed by atoms with Crippen LogP contribution in [0.25, 0.3) is 0 Å². The maximum absolute atomic E-state index is 12.5. The van der Waals surface area contributed by atoms with E-state index >= 15 is 0 Å². The predicted molar refractivity (Wildman–Crippen MR) is 75.6 cm³/mol. The molecule has 0 aromatic heterocycles. The molecule has 0 bridgehead atoms. The highest BCUT2D eigenvalue weighted by Gasteiger charge is 2.47. The molecule has 2 amide bonds. The fraction of sp³-hybridized carbons (Fsp3) is 0.312. The van der Waals surface area contributed by atoms with Crippen molar-refractivity contribution >= 4 is 23.5 Å². The molecule has 2 aliphatic rings. The first-order valence-corrected chi connectivity index (χ1v) is 6.84. The van der Waals surface area contributed by atoms with Crippen molar-refractivity contribution in [3.05, 3.63) is 42.0 Å². The molecule has 1 aromatic rings. The van der Waals surface area contributed by atoms with Gasteiger partial charge in [-0.05, 0) is 31.0 Å². The maximum atomic E-state index is 12.5. The fourth-order valence-electron chi connectivity index (χ4n) is 2.94. The molecule has 0 unspecified atom stereocenters. The highest BCUT2D eigenvalue weighted by molar-refractivity contribution is 6.22. The van der Waals surface area contributed by atoms with Gasteiger partial charge in [0.1, 0.15) is 0 Å². The van der Waals surface area contributed by atoms with Gasteiger partial charge in [-0.15, -0.1) is 0 Å². The summed E-state index contributed by atoms with van der Waals surface area (Å²) in [6.45, 7) is 0. The third-order valence-electron chi connectivity index (χ3n) is 4.03. The van der Waals surface area contributed by atoms with Crippen molar-refractivity contribution in [1.82, 2.24) is 0 Å². The number of imide groups is 1. The summed E-state index contributed by atoms with van der Waals surface area (Å²) in [5.41, 5.74) is 0.755. The van der Waals surface area contributed by atoms with Gasteiger partial charge in [-0.3, -0.25) is 14.5 Å². The molecule has 0 N–H and O–H groups in total. The number of fused-ring (bicyclic) bond motifs is 1. The Bertz CT molecular complexity index is 623. The number of nitrogens with zero attached hydrogens (tertiary/aromatic N) is 1. The average molecular weight is 285 g/mol. The number of allylic oxidation sites excluding steroid dienone is 2. The van der Waals surface area contributed by atoms with Crippen LogP contribution in [-0.4, -0.2) is 24.9 Å². The molecule has 1 heterocycles. The Hall–Kier alpha value is -2.43. The smallest absolute Gasteiger partial charge is 0.337 e. The molecule has 1 fully saturated rings. The van der Waals surface area contributed by atoms with Crippen LogP contribution >= 0.6 is 0 Å². The van der Waals surface area contributed by atoms with Crippen LogP contribution in [0.15, 0.2) is 36.4 Å². The monoisotopic (exact) mass is 285 g/mol. The molecule has 3 rings (SSSR count). The second kappa shape index (κ2) is 5.16. The lowest BCUT2D eigenvalue weighted by molar-refractivity contribution is -0.122. The Morgan fingerprint density at radius 1 is 1.14 bits per heavy atom. The molecular formula is C16H15NO4. The molecule has 1 aromatic carbocycles. The van der Waals surface area contributed by atoms with Crippen molar-refractivity contribution in [2.45, 2.75) is 12.8 Å². The number of carbonyl (C=O) groups is 3. The van der Waals surface area contributed by atoms with Crippen LogP contribution in [0.1, 0.15) is 23.2 Å². The largest absolute Gasteiger partial charge is 0.465 e. The number of rotatable bonds is 2. The van der Waals surface area contributed by atoms with Gasteiger partial charge in [0.05, 0.1) is 30.2 Å². The molecule has 1 saturated heterocycles. The van der Waals surface area contributed by atoms with E-state index in [2.05, 4.69) is 4.74 Å². The number of ether oxygens (including phenoxy) is 1. The zero-order valence-corrected chi connectivity index (χ0v) is 11.6. The molecule has 2 atom stereocenters. The molecule has 5 nitrogen and oxygen atoms in total. The first-order chi connectivity index (χ1) is 10.1. The second-order valence-electron chi connectivity index (χ2n) is 5.21. The first kappa shape index (κ1) is 13.5. The standard InChI is InChI=1S/C16H15NO4/c1-21-16(20)10-5-4-6-11(9-10)17-14(18)12-7-2-3-8-13(12)15(17)19/h2-6,9,12-13H,7-8H2,1H3/t12-,13+. The Kier molecular flexibility index (Phi) is 3.33. The lowest BCUT2D eigenvalue weighted by Gasteiger charge is -2.15. The zero-order valence-electron chi connectivity index (χ0n) is 11.6. The van der Waals surface area contributed by atoms with E-state index in [0.717, 1.165) is 0 Å². The Balaban J connectivity index is 1.96. The van der Waals surface area contributed by atoms with Gasteiger partial charge in [-0.2, -0.15) is 0 Å². The molecule has 21 heavy (non-hydrogen) atoms. The predicted octanol–water partition coefficient (Wildman–Crippen LogP) is 1.93. The summed E-state index contributed by atoms with van der Waals surface area (Å²) in [4.78, 5) is 37.7. The van der Waals surface area contributed by atoms with Crippen LogP contribution in [0, 0.1) is 11.8 Å². The van der Waals surface area contributed by atoms with Crippen molar-refractivity contribution in [2.75, 3.05) is 12.0 Å². The summed E-state index contributed by atoms with van der Waals surface area (Å²) in [6.07, 6.45) is 5.09. The molecule has 0 radical (unpaired) electrons. The SMILES string of the molecule is COC(=O)c1cccc(N2C(=O)[C@H]3CC=CC[C@H]3C2=O)c1. The van der Waals surface area contributed by atoms with E-state index in [1.54, 1.807) is 18.2 Å². The lowest BCUT2D eigenvalue weighted by Crippen LogP contribution is -2.31. The maximum Gasteiger partial charge on any atom is 0.337 e. The van der Waals surface area contributed by atoms with Crippen LogP contribution in [0.2, 0.25) is 0 Å². The molecule has 108 valence electrons. The number of methoxy groups -OCH3 is 1. The highest BCUT2D eigenvalue weighted by Crippen LogP contribution is 2.37. The van der Waals surface area contributed by atoms with Gasteiger partial charge in [0, 0.05) is 0 Å². The Morgan fingerprint density at radius 2 is 1.76 bits per heavy atom. The van der Waals surface area contributed by atoms with Crippen molar-refractivity contribution in [3.63, 3.8) is 0 Å². The summed E-state index contributed by atoms with van der Waals surface area (Å²) in [7, 11) is 1.29. The second-order valence-corrected chi connectivity index (χ2v) is 5.21. The summed E-state index contributed by atoms with van der Waals surface area (Å²) in [5.74, 6) is -1.41. The van der Waals surface area contributed by atoms with Gasteiger partial charge in [-0.1, -0.05) is 18.2 Å². The third kappa shape index (κ3) is 2.14. The van der Waals surface area contributed by atoms with Gasteiger partial charge in [0.2, 0.25) is 11.8 Å². The topological polar surface area (TPSA) is 63.7 Å². The highest BCUT2D eigenvalue weighted by atomic mass is 16.5. The van der Waals surface area contributed by atoms with Crippen LogP contribution in [0.5, 0.6) is 0 Å². The zero-order chi connectivity index (χ0) is 15.0. The number of hydrogen-bond donors (Lipinski definition) is 0. The minimum atomic E-state index is -0.491. The molecular weight excluding hydrogens is 270 g/mol. The van der Waals surface area contributed by atoms with E-state index in [-0.39, 0.29) is 23.7 Å². The molecule has 1 aliphatic carbocycles. The first-order valence-electron chi connectivity index (χ1n) is 6.84. The Labute approximate surface area is 122 Å². The van der Waals surface area contributed by atoms with E-state index in [1.165, 1.54) is 18.1 Å². The van der Waals surface area contributed by atoms with Gasteiger partial charge < -0.3 is 4.74 Å². The van der Waals surface area contributed by atoms with E-state index in [1.807, 2.05) is 12.2 Å². The van der Waals surface area contributed by atoms with E-state index in [4.69, 9.17) is 0 Å². The van der Waals surface area contributed by atoms with Crippen molar-refractivity contribution in [3.8, 4) is 0 Å². The van der Waals surface area contributed by atoms with Crippen LogP contribution in [0.3, 0.4) is 0 Å². The third-order valence-corrected chi connectivity index (χ3v) is 4.03. The average Bonchev–Trinajstić information content (AvgIpc) is 2.78. The number of benzene rings is 1. The summed E-state index contributed by atoms with van der Waals surface area (Å²) >= 11 is 0. The van der Waals surface area contributed by atoms with Gasteiger partial charge in [0.15, 0.2) is 0 Å². The number of amides is 2. The fourth-order valence-corrected chi connectivity index (χ4v) is 2.94. The van der Waals surface area contributed by atoms with Gasteiger partial charge >= 0.3 is 5.97 Å². The van der Waals surface area contributed by atoms with Crippen molar-refractivity contribution in [1.29, 1.82) is 0 Å². The minimum Gasteiger partial charge on any atom is -0.465 e. The van der Waals surface area contributed by atoms with Crippen molar-refractivity contribution < 1.29 is 19.1 Å². The molecule has 0 saturated carbocycles. The normalized spacial score (nSPS) is 24.1. The Morgan fingerprint density at radius 3 is 2.33 bits per heavy atom. The van der Waals surface area contributed by atoms with Gasteiger partial charge in [-0.25, -0.2) is 4.79 Å². The lowest BCUT2D eigenvalue weighted by atomic mass is 9.85. The van der Waals surface area contributed by atoms with Crippen LogP contribution in [-0.2, 0) is 14.3 Å². The summed E-state index contributed by atoms with van der Waals surface area (Å²) in [6, 6.07) is 6.41. The quantitative estimate of drug-likeness (QED) is 0.473. The minimum absolute atomic E-state index is 0.184. The molecule has 0 spiro atoms. The van der Waals surface area contributed by atoms with Gasteiger partial charge in [0.25, 0.3) is 0 Å². The van der Waals surface area contributed by atoms with Crippen LogP contribution in [0.4, 0.5) is 5.69 Å². The molecule has 1 aliphatic heterocycles. The number of esters is 1.